The first-order valence-corrected chi connectivity index (χ1v) is 8.16. The number of anilines is 1. The smallest absolute Gasteiger partial charge is 0.254 e. The number of hydrogen-bond acceptors (Lipinski definition) is 3. The summed E-state index contributed by atoms with van der Waals surface area (Å²) in [5, 5.41) is 0. The molecule has 0 saturated carbocycles. The standard InChI is InChI=1S/C19H20FN3O2/c1-13-2-7-16(21)12-17(13)19(25)23-10-8-22(9-11-23)18(24)14-3-5-15(20)6-4-14/h2-7,12H,8-11,21H2,1H3. The highest BCUT2D eigenvalue weighted by molar-refractivity contribution is 5.97. The number of aryl methyl sites for hydroxylation is 1. The number of benzene rings is 2. The molecule has 0 atom stereocenters. The van der Waals surface area contributed by atoms with Gasteiger partial charge in [-0.3, -0.25) is 9.59 Å². The molecule has 1 saturated heterocycles. The lowest BCUT2D eigenvalue weighted by molar-refractivity contribution is 0.0535. The van der Waals surface area contributed by atoms with Crippen LogP contribution in [0.4, 0.5) is 10.1 Å². The summed E-state index contributed by atoms with van der Waals surface area (Å²) in [6.45, 7) is 3.69. The summed E-state index contributed by atoms with van der Waals surface area (Å²) < 4.78 is 13.0. The molecule has 5 nitrogen and oxygen atoms in total. The fourth-order valence-electron chi connectivity index (χ4n) is 2.93. The van der Waals surface area contributed by atoms with Crippen LogP contribution < -0.4 is 5.73 Å². The van der Waals surface area contributed by atoms with Gasteiger partial charge < -0.3 is 15.5 Å². The van der Waals surface area contributed by atoms with Crippen LogP contribution in [-0.2, 0) is 0 Å². The zero-order valence-electron chi connectivity index (χ0n) is 14.0. The number of piperazine rings is 1. The molecule has 0 aliphatic carbocycles. The highest BCUT2D eigenvalue weighted by Gasteiger charge is 2.26. The molecule has 1 heterocycles. The van der Waals surface area contributed by atoms with Crippen LogP contribution in [0, 0.1) is 12.7 Å². The van der Waals surface area contributed by atoms with E-state index >= 15 is 0 Å². The molecule has 25 heavy (non-hydrogen) atoms. The van der Waals surface area contributed by atoms with Crippen molar-refractivity contribution in [1.82, 2.24) is 9.80 Å². The Labute approximate surface area is 145 Å². The number of carbonyl (C=O) groups excluding carboxylic acids is 2. The molecule has 1 aliphatic rings. The number of hydrogen-bond donors (Lipinski definition) is 1. The van der Waals surface area contributed by atoms with Crippen LogP contribution in [0.1, 0.15) is 26.3 Å². The number of halogens is 1. The zero-order valence-corrected chi connectivity index (χ0v) is 14.0. The third kappa shape index (κ3) is 3.63. The first-order valence-electron chi connectivity index (χ1n) is 8.16. The molecule has 2 N–H and O–H groups in total. The molecule has 0 spiro atoms. The quantitative estimate of drug-likeness (QED) is 0.853. The molecule has 0 aromatic heterocycles. The summed E-state index contributed by atoms with van der Waals surface area (Å²) in [6, 6.07) is 10.8. The van der Waals surface area contributed by atoms with Gasteiger partial charge in [-0.25, -0.2) is 4.39 Å². The van der Waals surface area contributed by atoms with Crippen molar-refractivity contribution < 1.29 is 14.0 Å². The van der Waals surface area contributed by atoms with Crippen molar-refractivity contribution in [1.29, 1.82) is 0 Å². The second-order valence-corrected chi connectivity index (χ2v) is 6.17. The Morgan fingerprint density at radius 1 is 0.920 bits per heavy atom. The molecular formula is C19H20FN3O2. The third-order valence-corrected chi connectivity index (χ3v) is 4.44. The molecule has 2 amide bonds. The van der Waals surface area contributed by atoms with Gasteiger partial charge in [0.25, 0.3) is 11.8 Å². The molecule has 0 unspecified atom stereocenters. The van der Waals surface area contributed by atoms with E-state index in [1.54, 1.807) is 21.9 Å². The molecule has 130 valence electrons. The van der Waals surface area contributed by atoms with Gasteiger partial charge in [-0.15, -0.1) is 0 Å². The van der Waals surface area contributed by atoms with Gasteiger partial charge in [0.1, 0.15) is 5.82 Å². The average Bonchev–Trinajstić information content (AvgIpc) is 2.63. The fourth-order valence-corrected chi connectivity index (χ4v) is 2.93. The van der Waals surface area contributed by atoms with Gasteiger partial charge in [-0.05, 0) is 48.9 Å². The van der Waals surface area contributed by atoms with Gasteiger partial charge in [0.2, 0.25) is 0 Å². The van der Waals surface area contributed by atoms with Gasteiger partial charge in [0.05, 0.1) is 0 Å². The van der Waals surface area contributed by atoms with Crippen LogP contribution in [-0.4, -0.2) is 47.8 Å². The highest BCUT2D eigenvalue weighted by Crippen LogP contribution is 2.17. The van der Waals surface area contributed by atoms with Gasteiger partial charge in [0.15, 0.2) is 0 Å². The monoisotopic (exact) mass is 341 g/mol. The van der Waals surface area contributed by atoms with Crippen molar-refractivity contribution in [2.24, 2.45) is 0 Å². The first-order chi connectivity index (χ1) is 12.0. The Bertz CT molecular complexity index is 797. The van der Waals surface area contributed by atoms with E-state index in [4.69, 9.17) is 5.73 Å². The van der Waals surface area contributed by atoms with Crippen LogP contribution in [0.5, 0.6) is 0 Å². The predicted octanol–water partition coefficient (Wildman–Crippen LogP) is 2.31. The number of carbonyl (C=O) groups is 2. The van der Waals surface area contributed by atoms with Crippen LogP contribution in [0.15, 0.2) is 42.5 Å². The molecule has 0 bridgehead atoms. The van der Waals surface area contributed by atoms with E-state index in [2.05, 4.69) is 0 Å². The molecule has 0 radical (unpaired) electrons. The Balaban J connectivity index is 1.65. The van der Waals surface area contributed by atoms with Gasteiger partial charge >= 0.3 is 0 Å². The van der Waals surface area contributed by atoms with Crippen molar-refractivity contribution in [2.45, 2.75) is 6.92 Å². The second kappa shape index (κ2) is 6.93. The summed E-state index contributed by atoms with van der Waals surface area (Å²) in [5.41, 5.74) is 8.26. The lowest BCUT2D eigenvalue weighted by atomic mass is 10.1. The topological polar surface area (TPSA) is 66.6 Å². The van der Waals surface area contributed by atoms with Crippen LogP contribution in [0.25, 0.3) is 0 Å². The van der Waals surface area contributed by atoms with E-state index in [1.165, 1.54) is 24.3 Å². The van der Waals surface area contributed by atoms with E-state index in [0.29, 0.717) is 43.0 Å². The van der Waals surface area contributed by atoms with Crippen LogP contribution >= 0.6 is 0 Å². The molecule has 3 rings (SSSR count). The van der Waals surface area contributed by atoms with Crippen molar-refractivity contribution in [2.75, 3.05) is 31.9 Å². The molecule has 6 heteroatoms. The van der Waals surface area contributed by atoms with Crippen molar-refractivity contribution in [3.63, 3.8) is 0 Å². The van der Waals surface area contributed by atoms with Crippen molar-refractivity contribution >= 4 is 17.5 Å². The maximum absolute atomic E-state index is 13.0. The minimum absolute atomic E-state index is 0.0707. The maximum Gasteiger partial charge on any atom is 0.254 e. The number of nitrogen functional groups attached to an aromatic ring is 1. The lowest BCUT2D eigenvalue weighted by Gasteiger charge is -2.35. The van der Waals surface area contributed by atoms with E-state index in [0.717, 1.165) is 5.56 Å². The SMILES string of the molecule is Cc1ccc(N)cc1C(=O)N1CCN(C(=O)c2ccc(F)cc2)CC1. The zero-order chi connectivity index (χ0) is 18.0. The van der Waals surface area contributed by atoms with E-state index in [9.17, 15) is 14.0 Å². The Morgan fingerprint density at radius 2 is 1.48 bits per heavy atom. The number of rotatable bonds is 2. The van der Waals surface area contributed by atoms with Gasteiger partial charge in [-0.2, -0.15) is 0 Å². The minimum Gasteiger partial charge on any atom is -0.399 e. The number of amides is 2. The van der Waals surface area contributed by atoms with E-state index in [1.807, 2.05) is 13.0 Å². The largest absolute Gasteiger partial charge is 0.399 e. The molecule has 2 aromatic rings. The Kier molecular flexibility index (Phi) is 4.70. The maximum atomic E-state index is 13.0. The van der Waals surface area contributed by atoms with E-state index < -0.39 is 0 Å². The van der Waals surface area contributed by atoms with Crippen molar-refractivity contribution in [3.8, 4) is 0 Å². The van der Waals surface area contributed by atoms with Crippen LogP contribution in [0.2, 0.25) is 0 Å². The Morgan fingerprint density at radius 3 is 2.08 bits per heavy atom. The summed E-state index contributed by atoms with van der Waals surface area (Å²) >= 11 is 0. The number of nitrogens with two attached hydrogens (primary N) is 1. The summed E-state index contributed by atoms with van der Waals surface area (Å²) in [6.07, 6.45) is 0. The molecule has 1 aliphatic heterocycles. The molecule has 2 aromatic carbocycles. The summed E-state index contributed by atoms with van der Waals surface area (Å²) in [4.78, 5) is 28.5. The lowest BCUT2D eigenvalue weighted by Crippen LogP contribution is -2.50. The number of nitrogens with zero attached hydrogens (tertiary/aromatic N) is 2. The first kappa shape index (κ1) is 17.0. The van der Waals surface area contributed by atoms with Gasteiger partial charge in [0, 0.05) is 43.0 Å². The van der Waals surface area contributed by atoms with Crippen LogP contribution in [0.3, 0.4) is 0 Å². The normalized spacial score (nSPS) is 14.5. The van der Waals surface area contributed by atoms with Crippen molar-refractivity contribution in [3.05, 3.63) is 65.0 Å². The second-order valence-electron chi connectivity index (χ2n) is 6.17. The van der Waals surface area contributed by atoms with E-state index in [-0.39, 0.29) is 17.6 Å². The summed E-state index contributed by atoms with van der Waals surface area (Å²) in [5.74, 6) is -0.588. The fraction of sp³-hybridized carbons (Fsp3) is 0.263. The molecule has 1 fully saturated rings. The third-order valence-electron chi connectivity index (χ3n) is 4.44. The minimum atomic E-state index is -0.371. The van der Waals surface area contributed by atoms with Gasteiger partial charge in [-0.1, -0.05) is 6.07 Å². The predicted molar refractivity (Wildman–Crippen MR) is 93.8 cm³/mol. The highest BCUT2D eigenvalue weighted by atomic mass is 19.1. The molecular weight excluding hydrogens is 321 g/mol. The average molecular weight is 341 g/mol. The summed E-state index contributed by atoms with van der Waals surface area (Å²) in [7, 11) is 0. The Hall–Kier alpha value is -2.89.